The number of unbranched alkanes of at least 4 members (excludes halogenated alkanes) is 7. The zero-order valence-corrected chi connectivity index (χ0v) is 9.67. The molecule has 0 fully saturated rings. The van der Waals surface area contributed by atoms with E-state index in [1.54, 1.807) is 0 Å². The first-order valence-electron chi connectivity index (χ1n) is 6.17. The first kappa shape index (κ1) is 13.7. The predicted molar refractivity (Wildman–Crippen MR) is 63.5 cm³/mol. The van der Waals surface area contributed by atoms with E-state index in [9.17, 15) is 0 Å². The van der Waals surface area contributed by atoms with Gasteiger partial charge in [0.05, 0.1) is 0 Å². The first-order chi connectivity index (χ1) is 6.91. The van der Waals surface area contributed by atoms with Gasteiger partial charge in [0.15, 0.2) is 0 Å². The molecular formula is C13H26O. The van der Waals surface area contributed by atoms with Crippen molar-refractivity contribution >= 4 is 0 Å². The summed E-state index contributed by atoms with van der Waals surface area (Å²) in [5, 5.41) is 8.58. The lowest BCUT2D eigenvalue weighted by Crippen LogP contribution is -1.83. The van der Waals surface area contributed by atoms with Crippen molar-refractivity contribution in [2.24, 2.45) is 0 Å². The third-order valence-corrected chi connectivity index (χ3v) is 2.40. The Bertz CT molecular complexity index is 118. The second-order valence-corrected chi connectivity index (χ2v) is 3.89. The molecule has 0 aliphatic carbocycles. The molecule has 0 bridgehead atoms. The molecule has 14 heavy (non-hydrogen) atoms. The summed E-state index contributed by atoms with van der Waals surface area (Å²) in [6.07, 6.45) is 15.8. The van der Waals surface area contributed by atoms with Crippen LogP contribution in [0.4, 0.5) is 0 Å². The monoisotopic (exact) mass is 198 g/mol. The molecule has 0 saturated carbocycles. The summed E-state index contributed by atoms with van der Waals surface area (Å²) in [6.45, 7) is 2.57. The van der Waals surface area contributed by atoms with Gasteiger partial charge < -0.3 is 5.11 Å². The fourth-order valence-electron chi connectivity index (χ4n) is 1.48. The number of hydrogen-bond acceptors (Lipinski definition) is 1. The van der Waals surface area contributed by atoms with Crippen molar-refractivity contribution in [2.75, 3.05) is 6.61 Å². The molecular weight excluding hydrogens is 172 g/mol. The number of aliphatic hydroxyl groups excluding tert-OH is 1. The zero-order valence-electron chi connectivity index (χ0n) is 9.67. The number of aliphatic hydroxyl groups is 1. The maximum Gasteiger partial charge on any atom is 0.0431 e. The minimum atomic E-state index is 0.361. The Morgan fingerprint density at radius 3 is 2.00 bits per heavy atom. The van der Waals surface area contributed by atoms with Gasteiger partial charge >= 0.3 is 0 Å². The molecule has 0 saturated heterocycles. The summed E-state index contributed by atoms with van der Waals surface area (Å²) in [7, 11) is 0. The molecule has 0 heterocycles. The van der Waals surface area contributed by atoms with Crippen molar-refractivity contribution in [3.63, 3.8) is 0 Å². The lowest BCUT2D eigenvalue weighted by Gasteiger charge is -1.98. The Kier molecular flexibility index (Phi) is 12.4. The second kappa shape index (κ2) is 12.7. The topological polar surface area (TPSA) is 20.2 Å². The van der Waals surface area contributed by atoms with Crippen LogP contribution in [0.5, 0.6) is 0 Å². The van der Waals surface area contributed by atoms with Gasteiger partial charge in [-0.05, 0) is 25.7 Å². The van der Waals surface area contributed by atoms with Crippen molar-refractivity contribution in [3.8, 4) is 0 Å². The van der Waals surface area contributed by atoms with Gasteiger partial charge in [0.2, 0.25) is 0 Å². The van der Waals surface area contributed by atoms with Crippen molar-refractivity contribution in [1.29, 1.82) is 0 Å². The Morgan fingerprint density at radius 1 is 0.786 bits per heavy atom. The van der Waals surface area contributed by atoms with Gasteiger partial charge in [-0.1, -0.05) is 51.2 Å². The molecule has 0 amide bonds. The molecule has 1 nitrogen and oxygen atoms in total. The largest absolute Gasteiger partial charge is 0.396 e. The first-order valence-corrected chi connectivity index (χ1v) is 6.17. The van der Waals surface area contributed by atoms with Crippen LogP contribution in [0.2, 0.25) is 0 Å². The predicted octanol–water partition coefficient (Wildman–Crippen LogP) is 4.07. The van der Waals surface area contributed by atoms with E-state index in [1.807, 2.05) is 0 Å². The smallest absolute Gasteiger partial charge is 0.0431 e. The van der Waals surface area contributed by atoms with Crippen LogP contribution in [0.25, 0.3) is 0 Å². The van der Waals surface area contributed by atoms with Gasteiger partial charge in [0, 0.05) is 6.61 Å². The van der Waals surface area contributed by atoms with Crippen LogP contribution in [0, 0.1) is 0 Å². The van der Waals surface area contributed by atoms with Crippen LogP contribution < -0.4 is 0 Å². The summed E-state index contributed by atoms with van der Waals surface area (Å²) in [6, 6.07) is 0. The van der Waals surface area contributed by atoms with Crippen LogP contribution in [0.15, 0.2) is 12.2 Å². The molecule has 0 aromatic carbocycles. The Balaban J connectivity index is 2.91. The third kappa shape index (κ3) is 11.7. The quantitative estimate of drug-likeness (QED) is 0.414. The highest BCUT2D eigenvalue weighted by molar-refractivity contribution is 4.80. The molecule has 84 valence electrons. The normalized spacial score (nSPS) is 11.3. The summed E-state index contributed by atoms with van der Waals surface area (Å²) in [5.74, 6) is 0. The van der Waals surface area contributed by atoms with Gasteiger partial charge in [0.1, 0.15) is 0 Å². The SMILES string of the molecule is CCC/C=C/CCCCCCCCO. The average molecular weight is 198 g/mol. The van der Waals surface area contributed by atoms with E-state index in [0.29, 0.717) is 6.61 Å². The molecule has 0 radical (unpaired) electrons. The summed E-state index contributed by atoms with van der Waals surface area (Å²) >= 11 is 0. The van der Waals surface area contributed by atoms with Crippen molar-refractivity contribution in [2.45, 2.75) is 64.7 Å². The summed E-state index contributed by atoms with van der Waals surface area (Å²) in [4.78, 5) is 0. The van der Waals surface area contributed by atoms with Gasteiger partial charge in [-0.3, -0.25) is 0 Å². The van der Waals surface area contributed by atoms with Crippen LogP contribution in [-0.2, 0) is 0 Å². The van der Waals surface area contributed by atoms with Crippen molar-refractivity contribution in [1.82, 2.24) is 0 Å². The molecule has 1 N–H and O–H groups in total. The molecule has 1 heteroatoms. The van der Waals surface area contributed by atoms with Crippen LogP contribution in [0.1, 0.15) is 64.7 Å². The lowest BCUT2D eigenvalue weighted by atomic mass is 10.1. The maximum atomic E-state index is 8.58. The van der Waals surface area contributed by atoms with E-state index in [0.717, 1.165) is 6.42 Å². The molecule has 0 aromatic rings. The van der Waals surface area contributed by atoms with Crippen molar-refractivity contribution < 1.29 is 5.11 Å². The second-order valence-electron chi connectivity index (χ2n) is 3.89. The number of allylic oxidation sites excluding steroid dienone is 2. The molecule has 0 aliphatic rings. The molecule has 0 spiro atoms. The maximum absolute atomic E-state index is 8.58. The van der Waals surface area contributed by atoms with E-state index < -0.39 is 0 Å². The van der Waals surface area contributed by atoms with E-state index in [-0.39, 0.29) is 0 Å². The fourth-order valence-corrected chi connectivity index (χ4v) is 1.48. The molecule has 0 atom stereocenters. The highest BCUT2D eigenvalue weighted by Gasteiger charge is 1.89. The standard InChI is InChI=1S/C13H26O/c1-2-3-4-5-6-7-8-9-10-11-12-13-14/h4-5,14H,2-3,6-13H2,1H3/b5-4+. The minimum Gasteiger partial charge on any atom is -0.396 e. The summed E-state index contributed by atoms with van der Waals surface area (Å²) < 4.78 is 0. The average Bonchev–Trinajstić information content (AvgIpc) is 2.21. The number of hydrogen-bond donors (Lipinski definition) is 1. The Labute approximate surface area is 89.2 Å². The van der Waals surface area contributed by atoms with Gasteiger partial charge in [0.25, 0.3) is 0 Å². The van der Waals surface area contributed by atoms with Gasteiger partial charge in [-0.2, -0.15) is 0 Å². The molecule has 0 rings (SSSR count). The van der Waals surface area contributed by atoms with Crippen LogP contribution in [-0.4, -0.2) is 11.7 Å². The third-order valence-electron chi connectivity index (χ3n) is 2.40. The fraction of sp³-hybridized carbons (Fsp3) is 0.846. The summed E-state index contributed by atoms with van der Waals surface area (Å²) in [5.41, 5.74) is 0. The van der Waals surface area contributed by atoms with Gasteiger partial charge in [-0.25, -0.2) is 0 Å². The van der Waals surface area contributed by atoms with Crippen LogP contribution >= 0.6 is 0 Å². The Hall–Kier alpha value is -0.300. The molecule has 0 unspecified atom stereocenters. The van der Waals surface area contributed by atoms with E-state index >= 15 is 0 Å². The molecule has 0 aliphatic heterocycles. The lowest BCUT2D eigenvalue weighted by molar-refractivity contribution is 0.282. The Morgan fingerprint density at radius 2 is 1.36 bits per heavy atom. The molecule has 0 aromatic heterocycles. The van der Waals surface area contributed by atoms with E-state index in [2.05, 4.69) is 19.1 Å². The van der Waals surface area contributed by atoms with E-state index in [1.165, 1.54) is 51.4 Å². The zero-order chi connectivity index (χ0) is 10.5. The highest BCUT2D eigenvalue weighted by atomic mass is 16.2. The van der Waals surface area contributed by atoms with Crippen LogP contribution in [0.3, 0.4) is 0 Å². The van der Waals surface area contributed by atoms with E-state index in [4.69, 9.17) is 5.11 Å². The highest BCUT2D eigenvalue weighted by Crippen LogP contribution is 2.07. The number of rotatable bonds is 10. The van der Waals surface area contributed by atoms with Crippen molar-refractivity contribution in [3.05, 3.63) is 12.2 Å². The minimum absolute atomic E-state index is 0.361. The van der Waals surface area contributed by atoms with Gasteiger partial charge in [-0.15, -0.1) is 0 Å².